The summed E-state index contributed by atoms with van der Waals surface area (Å²) in [6, 6.07) is 0.507. The van der Waals surface area contributed by atoms with Gasteiger partial charge in [-0.25, -0.2) is 0 Å². The Morgan fingerprint density at radius 2 is 1.90 bits per heavy atom. The molecule has 0 amide bonds. The molecule has 3 aliphatic rings. The van der Waals surface area contributed by atoms with Gasteiger partial charge in [-0.15, -0.1) is 0 Å². The third-order valence-electron chi connectivity index (χ3n) is 3.31. The highest BCUT2D eigenvalue weighted by molar-refractivity contribution is 4.80. The second-order valence-electron chi connectivity index (χ2n) is 3.77. The molecule has 3 heterocycles. The molecule has 3 aliphatic heterocycles. The maximum Gasteiger partial charge on any atom is 0.111 e. The molecule has 0 radical (unpaired) electrons. The van der Waals surface area contributed by atoms with Crippen LogP contribution in [0.2, 0.25) is 0 Å². The van der Waals surface area contributed by atoms with Crippen molar-refractivity contribution in [2.24, 2.45) is 5.92 Å². The minimum Gasteiger partial charge on any atom is -0.387 e. The van der Waals surface area contributed by atoms with Gasteiger partial charge < -0.3 is 10.0 Å². The lowest BCUT2D eigenvalue weighted by molar-refractivity contribution is -0.944. The summed E-state index contributed by atoms with van der Waals surface area (Å²) >= 11 is 0. The van der Waals surface area contributed by atoms with Crippen LogP contribution in [0.25, 0.3) is 0 Å². The summed E-state index contributed by atoms with van der Waals surface area (Å²) in [7, 11) is 0. The molecule has 3 saturated heterocycles. The van der Waals surface area contributed by atoms with Crippen molar-refractivity contribution < 1.29 is 10.0 Å². The molecule has 10 heavy (non-hydrogen) atoms. The van der Waals surface area contributed by atoms with Crippen LogP contribution in [0.4, 0.5) is 0 Å². The molecule has 3 fully saturated rings. The Balaban J connectivity index is 2.13. The molecule has 3 rings (SSSR count). The fourth-order valence-electron chi connectivity index (χ4n) is 2.46. The van der Waals surface area contributed by atoms with E-state index < -0.39 is 0 Å². The van der Waals surface area contributed by atoms with Gasteiger partial charge in [0, 0.05) is 18.8 Å². The summed E-state index contributed by atoms with van der Waals surface area (Å²) in [6.07, 6.45) is 2.50. The molecule has 2 nitrogen and oxygen atoms in total. The Bertz CT molecular complexity index is 109. The molecule has 0 spiro atoms. The fraction of sp³-hybridized carbons (Fsp3) is 1.00. The van der Waals surface area contributed by atoms with Crippen molar-refractivity contribution in [3.63, 3.8) is 0 Å². The Morgan fingerprint density at radius 1 is 1.30 bits per heavy atom. The van der Waals surface area contributed by atoms with Gasteiger partial charge in [0.2, 0.25) is 0 Å². The van der Waals surface area contributed by atoms with Crippen LogP contribution in [0.3, 0.4) is 0 Å². The van der Waals surface area contributed by atoms with Crippen molar-refractivity contribution in [1.29, 1.82) is 0 Å². The van der Waals surface area contributed by atoms with E-state index in [-0.39, 0.29) is 6.10 Å². The van der Waals surface area contributed by atoms with Crippen molar-refractivity contribution in [3.8, 4) is 0 Å². The molecule has 2 heteroatoms. The van der Waals surface area contributed by atoms with Gasteiger partial charge in [0.25, 0.3) is 0 Å². The first kappa shape index (κ1) is 6.62. The van der Waals surface area contributed by atoms with Crippen molar-refractivity contribution >= 4 is 0 Å². The minimum atomic E-state index is -0.00231. The molecule has 2 N–H and O–H groups in total. The lowest BCUT2D eigenvalue weighted by Gasteiger charge is -2.44. The SMILES string of the molecule is C[C@@H]1[C@H](O)C2CC[NH+]1CC2. The number of rotatable bonds is 0. The molecule has 0 aromatic rings. The summed E-state index contributed by atoms with van der Waals surface area (Å²) in [4.78, 5) is 1.62. The normalized spacial score (nSPS) is 53.4. The zero-order chi connectivity index (χ0) is 7.14. The van der Waals surface area contributed by atoms with Crippen LogP contribution in [-0.2, 0) is 0 Å². The molecule has 58 valence electrons. The summed E-state index contributed by atoms with van der Waals surface area (Å²) in [5.74, 6) is 0.632. The predicted molar refractivity (Wildman–Crippen MR) is 38.9 cm³/mol. The third-order valence-corrected chi connectivity index (χ3v) is 3.31. The maximum atomic E-state index is 9.65. The van der Waals surface area contributed by atoms with E-state index in [9.17, 15) is 5.11 Å². The lowest BCUT2D eigenvalue weighted by Crippen LogP contribution is -3.19. The second kappa shape index (κ2) is 2.21. The fourth-order valence-corrected chi connectivity index (χ4v) is 2.46. The first-order valence-corrected chi connectivity index (χ1v) is 4.31. The van der Waals surface area contributed by atoms with E-state index in [0.29, 0.717) is 12.0 Å². The highest BCUT2D eigenvalue weighted by Crippen LogP contribution is 2.21. The highest BCUT2D eigenvalue weighted by Gasteiger charge is 2.41. The van der Waals surface area contributed by atoms with E-state index in [1.165, 1.54) is 25.9 Å². The Labute approximate surface area is 61.8 Å². The second-order valence-corrected chi connectivity index (χ2v) is 3.77. The Kier molecular flexibility index (Phi) is 1.46. The van der Waals surface area contributed by atoms with Crippen molar-refractivity contribution in [2.45, 2.75) is 31.9 Å². The van der Waals surface area contributed by atoms with Gasteiger partial charge in [-0.05, 0) is 6.92 Å². The summed E-state index contributed by atoms with van der Waals surface area (Å²) in [5, 5.41) is 9.65. The molecule has 2 bridgehead atoms. The van der Waals surface area contributed by atoms with Crippen molar-refractivity contribution in [2.75, 3.05) is 13.1 Å². The zero-order valence-corrected chi connectivity index (χ0v) is 6.51. The van der Waals surface area contributed by atoms with Gasteiger partial charge in [0.15, 0.2) is 0 Å². The summed E-state index contributed by atoms with van der Waals surface area (Å²) in [6.45, 7) is 4.76. The Hall–Kier alpha value is -0.0800. The number of quaternary nitrogens is 1. The topological polar surface area (TPSA) is 24.7 Å². The smallest absolute Gasteiger partial charge is 0.111 e. The van der Waals surface area contributed by atoms with Crippen LogP contribution in [0.5, 0.6) is 0 Å². The Morgan fingerprint density at radius 3 is 2.20 bits per heavy atom. The van der Waals surface area contributed by atoms with Gasteiger partial charge in [0.05, 0.1) is 13.1 Å². The molecule has 0 aromatic heterocycles. The van der Waals surface area contributed by atoms with Gasteiger partial charge >= 0.3 is 0 Å². The monoisotopic (exact) mass is 142 g/mol. The van der Waals surface area contributed by atoms with Gasteiger partial charge in [0.1, 0.15) is 12.1 Å². The lowest BCUT2D eigenvalue weighted by atomic mass is 9.81. The molecular formula is C8H16NO+. The van der Waals surface area contributed by atoms with Crippen molar-refractivity contribution in [1.82, 2.24) is 0 Å². The largest absolute Gasteiger partial charge is 0.387 e. The number of aliphatic hydroxyl groups excluding tert-OH is 1. The molecule has 0 unspecified atom stereocenters. The van der Waals surface area contributed by atoms with Crippen LogP contribution in [0, 0.1) is 5.92 Å². The highest BCUT2D eigenvalue weighted by atomic mass is 16.3. The van der Waals surface area contributed by atoms with E-state index in [2.05, 4.69) is 6.92 Å². The zero-order valence-electron chi connectivity index (χ0n) is 6.51. The first-order valence-electron chi connectivity index (χ1n) is 4.31. The predicted octanol–water partition coefficient (Wildman–Crippen LogP) is -0.956. The van der Waals surface area contributed by atoms with Gasteiger partial charge in [-0.1, -0.05) is 0 Å². The number of hydrogen-bond donors (Lipinski definition) is 2. The molecule has 0 aliphatic carbocycles. The molecular weight excluding hydrogens is 126 g/mol. The maximum absolute atomic E-state index is 9.65. The quantitative estimate of drug-likeness (QED) is 0.447. The number of hydrogen-bond acceptors (Lipinski definition) is 1. The molecule has 0 saturated carbocycles. The molecule has 2 atom stereocenters. The average molecular weight is 142 g/mol. The van der Waals surface area contributed by atoms with Gasteiger partial charge in [-0.2, -0.15) is 0 Å². The first-order chi connectivity index (χ1) is 4.79. The van der Waals surface area contributed by atoms with Crippen LogP contribution in [0.15, 0.2) is 0 Å². The third kappa shape index (κ3) is 0.789. The van der Waals surface area contributed by atoms with Crippen LogP contribution in [-0.4, -0.2) is 30.3 Å². The van der Waals surface area contributed by atoms with Crippen LogP contribution < -0.4 is 4.90 Å². The summed E-state index contributed by atoms with van der Waals surface area (Å²) in [5.41, 5.74) is 0. The van der Waals surface area contributed by atoms with Gasteiger partial charge in [-0.3, -0.25) is 0 Å². The standard InChI is InChI=1S/C8H15NO/c1-6-8(10)7-2-4-9(6)5-3-7/h6-8,10H,2-5H2,1H3/p+1/t6-,8+/m1/s1. The van der Waals surface area contributed by atoms with Crippen molar-refractivity contribution in [3.05, 3.63) is 0 Å². The van der Waals surface area contributed by atoms with E-state index in [1.54, 1.807) is 4.90 Å². The van der Waals surface area contributed by atoms with E-state index >= 15 is 0 Å². The number of piperidine rings is 3. The van der Waals surface area contributed by atoms with Crippen LogP contribution >= 0.6 is 0 Å². The number of fused-ring (bicyclic) bond motifs is 3. The number of nitrogens with one attached hydrogen (secondary N) is 1. The van der Waals surface area contributed by atoms with E-state index in [4.69, 9.17) is 0 Å². The molecule has 0 aromatic carbocycles. The average Bonchev–Trinajstić information content (AvgIpc) is 2.00. The van der Waals surface area contributed by atoms with Crippen LogP contribution in [0.1, 0.15) is 19.8 Å². The van der Waals surface area contributed by atoms with E-state index in [1.807, 2.05) is 0 Å². The summed E-state index contributed by atoms with van der Waals surface area (Å²) < 4.78 is 0. The number of aliphatic hydroxyl groups is 1. The minimum absolute atomic E-state index is 0.00231. The van der Waals surface area contributed by atoms with E-state index in [0.717, 1.165) is 0 Å².